The van der Waals surface area contributed by atoms with E-state index in [4.69, 9.17) is 18.9 Å². The fourth-order valence-electron chi connectivity index (χ4n) is 3.57. The van der Waals surface area contributed by atoms with Crippen molar-refractivity contribution in [3.63, 3.8) is 0 Å². The van der Waals surface area contributed by atoms with Crippen molar-refractivity contribution in [3.8, 4) is 28.7 Å². The molecule has 0 amide bonds. The van der Waals surface area contributed by atoms with Crippen LogP contribution in [0.2, 0.25) is 0 Å². The van der Waals surface area contributed by atoms with Gasteiger partial charge in [0.2, 0.25) is 5.75 Å². The topological polar surface area (TPSA) is 77.4 Å². The van der Waals surface area contributed by atoms with Crippen LogP contribution in [0.1, 0.15) is 42.7 Å². The maximum absolute atomic E-state index is 11.2. The van der Waals surface area contributed by atoms with Gasteiger partial charge in [-0.1, -0.05) is 44.2 Å². The molecule has 0 saturated heterocycles. The summed E-state index contributed by atoms with van der Waals surface area (Å²) in [6, 6.07) is 18.4. The SMILES string of the molecule is COc1c(C(O)c2ccc(Oc3ccccc3)cc2)cc(C(O)C(C)C)c(OC)c1OC. The molecule has 0 fully saturated rings. The number of aliphatic hydroxyl groups is 2. The first kappa shape index (κ1) is 23.4. The van der Waals surface area contributed by atoms with E-state index in [1.165, 1.54) is 21.3 Å². The Balaban J connectivity index is 2.01. The zero-order valence-corrected chi connectivity index (χ0v) is 19.0. The Labute approximate surface area is 189 Å². The number of hydrogen-bond acceptors (Lipinski definition) is 6. The molecular formula is C26H30O6. The van der Waals surface area contributed by atoms with E-state index in [9.17, 15) is 10.2 Å². The molecule has 2 atom stereocenters. The Hall–Kier alpha value is -3.22. The minimum atomic E-state index is -1.02. The molecule has 6 nitrogen and oxygen atoms in total. The number of rotatable bonds is 9. The number of aliphatic hydroxyl groups excluding tert-OH is 2. The standard InChI is InChI=1S/C26H30O6/c1-16(2)22(27)20-15-21(25(30-4)26(31-5)24(20)29-3)23(28)17-11-13-19(14-12-17)32-18-9-7-6-8-10-18/h6-16,22-23,27-28H,1-5H3. The molecule has 0 aromatic heterocycles. The summed E-state index contributed by atoms with van der Waals surface area (Å²) in [6.07, 6.45) is -1.83. The fourth-order valence-corrected chi connectivity index (χ4v) is 3.57. The third-order valence-corrected chi connectivity index (χ3v) is 5.28. The van der Waals surface area contributed by atoms with Gasteiger partial charge in [-0.2, -0.15) is 0 Å². The van der Waals surface area contributed by atoms with E-state index in [-0.39, 0.29) is 5.92 Å². The minimum absolute atomic E-state index is 0.0681. The number of benzene rings is 3. The van der Waals surface area contributed by atoms with Gasteiger partial charge in [-0.05, 0) is 41.8 Å². The molecule has 0 aliphatic carbocycles. The molecule has 0 heterocycles. The van der Waals surface area contributed by atoms with Crippen LogP contribution in [0.25, 0.3) is 0 Å². The van der Waals surface area contributed by atoms with Gasteiger partial charge in [0.05, 0.1) is 27.4 Å². The van der Waals surface area contributed by atoms with Crippen molar-refractivity contribution in [2.24, 2.45) is 5.92 Å². The quantitative estimate of drug-likeness (QED) is 0.474. The first-order valence-electron chi connectivity index (χ1n) is 10.4. The summed E-state index contributed by atoms with van der Waals surface area (Å²) < 4.78 is 22.5. The largest absolute Gasteiger partial charge is 0.492 e. The average molecular weight is 439 g/mol. The number of ether oxygens (including phenoxy) is 4. The first-order valence-corrected chi connectivity index (χ1v) is 10.4. The van der Waals surface area contributed by atoms with Crippen LogP contribution in [0.3, 0.4) is 0 Å². The summed E-state index contributed by atoms with van der Waals surface area (Å²) in [5, 5.41) is 22.0. The lowest BCUT2D eigenvalue weighted by Gasteiger charge is -2.25. The second-order valence-electron chi connectivity index (χ2n) is 7.73. The van der Waals surface area contributed by atoms with Crippen LogP contribution in [0.15, 0.2) is 60.7 Å². The highest BCUT2D eigenvalue weighted by molar-refractivity contribution is 5.62. The predicted molar refractivity (Wildman–Crippen MR) is 123 cm³/mol. The lowest BCUT2D eigenvalue weighted by Crippen LogP contribution is -2.12. The summed E-state index contributed by atoms with van der Waals surface area (Å²) in [4.78, 5) is 0. The van der Waals surface area contributed by atoms with Gasteiger partial charge in [0.25, 0.3) is 0 Å². The summed E-state index contributed by atoms with van der Waals surface area (Å²) in [5.41, 5.74) is 1.63. The van der Waals surface area contributed by atoms with Crippen molar-refractivity contribution < 1.29 is 29.2 Å². The Kier molecular flexibility index (Phi) is 7.62. The molecular weight excluding hydrogens is 408 g/mol. The lowest BCUT2D eigenvalue weighted by molar-refractivity contribution is 0.122. The summed E-state index contributed by atoms with van der Waals surface area (Å²) >= 11 is 0. The molecule has 3 aromatic rings. The van der Waals surface area contributed by atoms with Gasteiger partial charge in [0.15, 0.2) is 11.5 Å². The molecule has 2 unspecified atom stereocenters. The van der Waals surface area contributed by atoms with Gasteiger partial charge in [-0.25, -0.2) is 0 Å². The zero-order valence-electron chi connectivity index (χ0n) is 19.0. The first-order chi connectivity index (χ1) is 15.4. The summed E-state index contributed by atoms with van der Waals surface area (Å²) in [7, 11) is 4.51. The normalized spacial score (nSPS) is 12.9. The fraction of sp³-hybridized carbons (Fsp3) is 0.308. The van der Waals surface area contributed by atoms with Crippen molar-refractivity contribution >= 4 is 0 Å². The van der Waals surface area contributed by atoms with Gasteiger partial charge in [0, 0.05) is 11.1 Å². The number of methoxy groups -OCH3 is 3. The zero-order chi connectivity index (χ0) is 23.3. The van der Waals surface area contributed by atoms with Crippen LogP contribution in [0, 0.1) is 5.92 Å². The highest BCUT2D eigenvalue weighted by atomic mass is 16.5. The number of para-hydroxylation sites is 1. The number of hydrogen-bond donors (Lipinski definition) is 2. The molecule has 3 rings (SSSR count). The Bertz CT molecular complexity index is 1010. The predicted octanol–water partition coefficient (Wildman–Crippen LogP) is 5.28. The van der Waals surface area contributed by atoms with Gasteiger partial charge in [0.1, 0.15) is 17.6 Å². The van der Waals surface area contributed by atoms with E-state index < -0.39 is 12.2 Å². The molecule has 170 valence electrons. The van der Waals surface area contributed by atoms with Crippen molar-refractivity contribution in [1.82, 2.24) is 0 Å². The van der Waals surface area contributed by atoms with Gasteiger partial charge < -0.3 is 29.2 Å². The molecule has 0 bridgehead atoms. The van der Waals surface area contributed by atoms with E-state index in [0.717, 1.165) is 5.75 Å². The Morgan fingerprint density at radius 3 is 1.72 bits per heavy atom. The molecule has 3 aromatic carbocycles. The van der Waals surface area contributed by atoms with Crippen LogP contribution in [0.4, 0.5) is 0 Å². The van der Waals surface area contributed by atoms with E-state index >= 15 is 0 Å². The molecule has 6 heteroatoms. The second-order valence-corrected chi connectivity index (χ2v) is 7.73. The van der Waals surface area contributed by atoms with Gasteiger partial charge >= 0.3 is 0 Å². The smallest absolute Gasteiger partial charge is 0.204 e. The van der Waals surface area contributed by atoms with E-state index in [2.05, 4.69) is 0 Å². The maximum atomic E-state index is 11.2. The molecule has 32 heavy (non-hydrogen) atoms. The Morgan fingerprint density at radius 2 is 1.19 bits per heavy atom. The third kappa shape index (κ3) is 4.82. The second kappa shape index (κ2) is 10.4. The monoisotopic (exact) mass is 438 g/mol. The molecule has 0 saturated carbocycles. The highest BCUT2D eigenvalue weighted by Gasteiger charge is 2.29. The van der Waals surface area contributed by atoms with Crippen LogP contribution in [-0.4, -0.2) is 31.5 Å². The molecule has 0 aliphatic heterocycles. The van der Waals surface area contributed by atoms with Crippen LogP contribution >= 0.6 is 0 Å². The minimum Gasteiger partial charge on any atom is -0.492 e. The summed E-state index contributed by atoms with van der Waals surface area (Å²) in [6.45, 7) is 3.81. The highest BCUT2D eigenvalue weighted by Crippen LogP contribution is 2.48. The molecule has 0 radical (unpaired) electrons. The van der Waals surface area contributed by atoms with E-state index in [0.29, 0.717) is 39.7 Å². The van der Waals surface area contributed by atoms with Crippen LogP contribution in [0.5, 0.6) is 28.7 Å². The molecule has 0 aliphatic rings. The van der Waals surface area contributed by atoms with Gasteiger partial charge in [-0.15, -0.1) is 0 Å². The summed E-state index contributed by atoms with van der Waals surface area (Å²) in [5.74, 6) is 2.37. The van der Waals surface area contributed by atoms with Gasteiger partial charge in [-0.3, -0.25) is 0 Å². The Morgan fingerprint density at radius 1 is 0.656 bits per heavy atom. The van der Waals surface area contributed by atoms with E-state index in [1.807, 2.05) is 44.2 Å². The van der Waals surface area contributed by atoms with Crippen molar-refractivity contribution in [2.75, 3.05) is 21.3 Å². The molecule has 2 N–H and O–H groups in total. The average Bonchev–Trinajstić information content (AvgIpc) is 2.82. The lowest BCUT2D eigenvalue weighted by atomic mass is 9.92. The maximum Gasteiger partial charge on any atom is 0.204 e. The van der Waals surface area contributed by atoms with Crippen molar-refractivity contribution in [1.29, 1.82) is 0 Å². The van der Waals surface area contributed by atoms with Crippen molar-refractivity contribution in [3.05, 3.63) is 77.4 Å². The molecule has 0 spiro atoms. The van der Waals surface area contributed by atoms with E-state index in [1.54, 1.807) is 30.3 Å². The van der Waals surface area contributed by atoms with Crippen molar-refractivity contribution in [2.45, 2.75) is 26.1 Å². The van der Waals surface area contributed by atoms with Crippen LogP contribution in [-0.2, 0) is 0 Å². The van der Waals surface area contributed by atoms with Crippen LogP contribution < -0.4 is 18.9 Å². The third-order valence-electron chi connectivity index (χ3n) is 5.28.